The Balaban J connectivity index is 1.56. The van der Waals surface area contributed by atoms with Crippen molar-refractivity contribution in [1.82, 2.24) is 25.1 Å². The number of nitrogens with zero attached hydrogens (tertiary/aromatic N) is 6. The van der Waals surface area contributed by atoms with Crippen molar-refractivity contribution in [2.75, 3.05) is 29.5 Å². The fraction of sp³-hybridized carbons (Fsp3) is 0.316. The van der Waals surface area contributed by atoms with Gasteiger partial charge in [0, 0.05) is 40.0 Å². The van der Waals surface area contributed by atoms with Crippen molar-refractivity contribution >= 4 is 21.4 Å². The highest BCUT2D eigenvalue weighted by Gasteiger charge is 2.28. The first-order valence-corrected chi connectivity index (χ1v) is 11.6. The maximum absolute atomic E-state index is 13.9. The Hall–Kier alpha value is -3.55. The van der Waals surface area contributed by atoms with E-state index in [2.05, 4.69) is 20.2 Å². The van der Waals surface area contributed by atoms with Crippen LogP contribution in [-0.4, -0.2) is 59.9 Å². The molecule has 1 aliphatic heterocycles. The van der Waals surface area contributed by atoms with Crippen LogP contribution in [0.1, 0.15) is 18.0 Å². The maximum atomic E-state index is 13.9. The summed E-state index contributed by atoms with van der Waals surface area (Å²) < 4.78 is 63.6. The number of benzene rings is 1. The summed E-state index contributed by atoms with van der Waals surface area (Å²) in [6.07, 6.45) is -0.362. The minimum atomic E-state index is -2.91. The third-order valence-electron chi connectivity index (χ3n) is 4.88. The van der Waals surface area contributed by atoms with Gasteiger partial charge in [0.1, 0.15) is 11.5 Å². The van der Waals surface area contributed by atoms with Crippen molar-refractivity contribution in [2.24, 2.45) is 0 Å². The molecule has 4 rings (SSSR count). The van der Waals surface area contributed by atoms with Crippen molar-refractivity contribution in [2.45, 2.75) is 13.0 Å². The number of carbonyl (C=O) groups is 1. The van der Waals surface area contributed by atoms with E-state index >= 15 is 0 Å². The second kappa shape index (κ2) is 9.13. The van der Waals surface area contributed by atoms with Crippen LogP contribution in [0.2, 0.25) is 0 Å². The average Bonchev–Trinajstić information content (AvgIpc) is 3.28. The largest absolute Gasteiger partial charge is 0.414 e. The van der Waals surface area contributed by atoms with E-state index in [0.717, 1.165) is 0 Å². The highest BCUT2D eigenvalue weighted by molar-refractivity contribution is 7.92. The normalized spacial score (nSPS) is 15.6. The Morgan fingerprint density at radius 3 is 2.58 bits per heavy atom. The zero-order valence-corrected chi connectivity index (χ0v) is 17.8. The molecule has 0 unspecified atom stereocenters. The molecule has 0 spiro atoms. The second-order valence-electron chi connectivity index (χ2n) is 7.19. The van der Waals surface area contributed by atoms with Gasteiger partial charge in [-0.25, -0.2) is 18.4 Å². The molecule has 0 saturated carbocycles. The number of rotatable bonds is 5. The van der Waals surface area contributed by atoms with E-state index in [0.29, 0.717) is 5.69 Å². The molecule has 0 aliphatic carbocycles. The van der Waals surface area contributed by atoms with E-state index in [1.54, 1.807) is 6.07 Å². The number of hydrogen-bond donors (Lipinski definition) is 1. The molecule has 10 nitrogen and oxygen atoms in total. The molecule has 2 aromatic heterocycles. The van der Waals surface area contributed by atoms with Crippen molar-refractivity contribution in [3.63, 3.8) is 0 Å². The van der Waals surface area contributed by atoms with E-state index in [1.807, 2.05) is 0 Å². The van der Waals surface area contributed by atoms with Crippen LogP contribution in [0, 0.1) is 10.6 Å². The third kappa shape index (κ3) is 5.27. The monoisotopic (exact) mass is 481 g/mol. The van der Waals surface area contributed by atoms with E-state index in [4.69, 9.17) is 9.20 Å². The number of amides is 2. The summed E-state index contributed by atoms with van der Waals surface area (Å²) in [6, 6.07) is 5.00. The van der Waals surface area contributed by atoms with Crippen LogP contribution in [0.15, 0.2) is 41.1 Å². The summed E-state index contributed by atoms with van der Waals surface area (Å²) in [6.45, 7) is 0.205. The lowest BCUT2D eigenvalue weighted by Gasteiger charge is -2.33. The smallest absolute Gasteiger partial charge is 0.324 e. The van der Waals surface area contributed by atoms with Gasteiger partial charge in [-0.2, -0.15) is 8.78 Å². The number of aromatic nitrogens is 4. The molecule has 0 bridgehead atoms. The number of alkyl halides is 2. The lowest BCUT2D eigenvalue weighted by Crippen LogP contribution is -2.49. The molecule has 0 radical (unpaired) electrons. The van der Waals surface area contributed by atoms with E-state index < -0.39 is 33.9 Å². The van der Waals surface area contributed by atoms with E-state index in [1.165, 1.54) is 40.4 Å². The Labute approximate surface area is 186 Å². The number of nitrogens with one attached hydrogen (secondary N) is 1. The highest BCUT2D eigenvalue weighted by Crippen LogP contribution is 2.23. The molecular formula is C19H18F3N7O3S. The van der Waals surface area contributed by atoms with Gasteiger partial charge in [0.05, 0.1) is 24.6 Å². The highest BCUT2D eigenvalue weighted by atomic mass is 32.2. The van der Waals surface area contributed by atoms with Gasteiger partial charge in [-0.1, -0.05) is 6.07 Å². The zero-order chi connectivity index (χ0) is 23.6. The first kappa shape index (κ1) is 22.6. The SMILES string of the molecule is N=S1(=O)CCN(C(=O)N(Cc2cnc(-c3nnc(C(F)F)o3)cn2)c2cccc(F)c2)CC1. The summed E-state index contributed by atoms with van der Waals surface area (Å²) in [5, 5.41) is 6.74. The molecule has 3 aromatic rings. The summed E-state index contributed by atoms with van der Waals surface area (Å²) in [5.74, 6) is -1.47. The van der Waals surface area contributed by atoms with Crippen molar-refractivity contribution in [3.05, 3.63) is 54.1 Å². The number of halogens is 3. The van der Waals surface area contributed by atoms with Gasteiger partial charge in [-0.15, -0.1) is 10.2 Å². The summed E-state index contributed by atoms with van der Waals surface area (Å²) >= 11 is 0. The standard InChI is InChI=1S/C19H18F3N7O3S/c20-12-2-1-3-14(8-12)29(19(30)28-4-6-33(23,31)7-5-28)11-13-9-25-15(10-24-13)17-26-27-18(32-17)16(21)22/h1-3,8-10,16,23H,4-7,11H2. The molecule has 3 heterocycles. The third-order valence-corrected chi connectivity index (χ3v) is 6.56. The molecule has 174 valence electrons. The molecule has 0 atom stereocenters. The zero-order valence-electron chi connectivity index (χ0n) is 17.0. The topological polar surface area (TPSA) is 129 Å². The fourth-order valence-corrected chi connectivity index (χ4v) is 4.37. The van der Waals surface area contributed by atoms with Gasteiger partial charge >= 0.3 is 12.5 Å². The minimum Gasteiger partial charge on any atom is -0.414 e. The molecule has 1 fully saturated rings. The summed E-state index contributed by atoms with van der Waals surface area (Å²) in [7, 11) is -2.70. The lowest BCUT2D eigenvalue weighted by atomic mass is 10.2. The van der Waals surface area contributed by atoms with Crippen LogP contribution in [0.4, 0.5) is 23.7 Å². The molecular weight excluding hydrogens is 463 g/mol. The number of anilines is 1. The fourth-order valence-electron chi connectivity index (χ4n) is 3.14. The van der Waals surface area contributed by atoms with Gasteiger partial charge in [0.2, 0.25) is 0 Å². The van der Waals surface area contributed by atoms with Crippen LogP contribution in [-0.2, 0) is 16.3 Å². The van der Waals surface area contributed by atoms with Crippen molar-refractivity contribution < 1.29 is 26.6 Å². The molecule has 1 saturated heterocycles. The molecule has 1 aliphatic rings. The maximum Gasteiger partial charge on any atom is 0.324 e. The molecule has 1 N–H and O–H groups in total. The van der Waals surface area contributed by atoms with Crippen LogP contribution in [0.3, 0.4) is 0 Å². The van der Waals surface area contributed by atoms with Crippen molar-refractivity contribution in [1.29, 1.82) is 4.78 Å². The van der Waals surface area contributed by atoms with Crippen LogP contribution < -0.4 is 4.90 Å². The van der Waals surface area contributed by atoms with Gasteiger partial charge in [0.25, 0.3) is 11.8 Å². The molecule has 1 aromatic carbocycles. The Kier molecular flexibility index (Phi) is 6.26. The quantitative estimate of drug-likeness (QED) is 0.593. The van der Waals surface area contributed by atoms with Crippen LogP contribution in [0.25, 0.3) is 11.6 Å². The molecule has 33 heavy (non-hydrogen) atoms. The first-order chi connectivity index (χ1) is 15.7. The average molecular weight is 481 g/mol. The Morgan fingerprint density at radius 2 is 1.97 bits per heavy atom. The number of carbonyl (C=O) groups excluding carboxylic acids is 1. The van der Waals surface area contributed by atoms with Gasteiger partial charge in [0.15, 0.2) is 0 Å². The van der Waals surface area contributed by atoms with Gasteiger partial charge in [-0.3, -0.25) is 14.7 Å². The van der Waals surface area contributed by atoms with E-state index in [9.17, 15) is 22.2 Å². The molecule has 14 heteroatoms. The minimum absolute atomic E-state index is 0.0645. The van der Waals surface area contributed by atoms with Gasteiger partial charge in [-0.05, 0) is 18.2 Å². The number of urea groups is 1. The van der Waals surface area contributed by atoms with Crippen LogP contribution >= 0.6 is 0 Å². The predicted molar refractivity (Wildman–Crippen MR) is 110 cm³/mol. The summed E-state index contributed by atoms with van der Waals surface area (Å²) in [4.78, 5) is 24.2. The van der Waals surface area contributed by atoms with Crippen molar-refractivity contribution in [3.8, 4) is 11.6 Å². The predicted octanol–water partition coefficient (Wildman–Crippen LogP) is 3.09. The van der Waals surface area contributed by atoms with E-state index in [-0.39, 0.29) is 48.4 Å². The summed E-state index contributed by atoms with van der Waals surface area (Å²) in [5.41, 5.74) is 0.677. The van der Waals surface area contributed by atoms with Crippen LogP contribution in [0.5, 0.6) is 0 Å². The second-order valence-corrected chi connectivity index (χ2v) is 9.64. The molecule has 2 amide bonds. The van der Waals surface area contributed by atoms with Gasteiger partial charge < -0.3 is 9.32 Å². The Morgan fingerprint density at radius 1 is 1.21 bits per heavy atom. The lowest BCUT2D eigenvalue weighted by molar-refractivity contribution is 0.116. The first-order valence-electron chi connectivity index (χ1n) is 9.71. The Bertz CT molecular complexity index is 1240. The number of hydrogen-bond acceptors (Lipinski definition) is 8.